The van der Waals surface area contributed by atoms with E-state index in [1.807, 2.05) is 12.1 Å². The minimum absolute atomic E-state index is 0.648. The van der Waals surface area contributed by atoms with Crippen molar-refractivity contribution in [2.24, 2.45) is 0 Å². The van der Waals surface area contributed by atoms with Crippen molar-refractivity contribution < 1.29 is 0 Å². The van der Waals surface area contributed by atoms with Gasteiger partial charge < -0.3 is 4.57 Å². The van der Waals surface area contributed by atoms with Gasteiger partial charge in [-0.25, -0.2) is 4.85 Å². The largest absolute Gasteiger partial charge is 0.311 e. The summed E-state index contributed by atoms with van der Waals surface area (Å²) in [5.41, 5.74) is 8.68. The second-order valence-corrected chi connectivity index (χ2v) is 11.6. The lowest BCUT2D eigenvalue weighted by Gasteiger charge is -2.13. The van der Waals surface area contributed by atoms with Crippen LogP contribution in [0, 0.1) is 6.57 Å². The van der Waals surface area contributed by atoms with Crippen molar-refractivity contribution in [3.8, 4) is 27.9 Å². The molecule has 0 saturated carbocycles. The molecule has 9 rings (SSSR count). The van der Waals surface area contributed by atoms with Gasteiger partial charge in [0, 0.05) is 22.0 Å². The van der Waals surface area contributed by atoms with Crippen LogP contribution in [0.4, 0.5) is 5.69 Å². The van der Waals surface area contributed by atoms with E-state index < -0.39 is 0 Å². The van der Waals surface area contributed by atoms with E-state index >= 15 is 0 Å². The molecule has 208 valence electrons. The Morgan fingerprint density at radius 3 is 1.56 bits per heavy atom. The van der Waals surface area contributed by atoms with E-state index in [2.05, 4.69) is 155 Å². The second kappa shape index (κ2) is 9.95. The maximum absolute atomic E-state index is 7.55. The number of hydrogen-bond acceptors (Lipinski definition) is 0. The van der Waals surface area contributed by atoms with E-state index in [4.69, 9.17) is 6.57 Å². The molecule has 0 unspecified atom stereocenters. The molecule has 45 heavy (non-hydrogen) atoms. The van der Waals surface area contributed by atoms with Gasteiger partial charge in [-0.2, -0.15) is 0 Å². The maximum Gasteiger partial charge on any atom is 0.189 e. The highest BCUT2D eigenvalue weighted by molar-refractivity contribution is 6.25. The van der Waals surface area contributed by atoms with Crippen LogP contribution in [0.2, 0.25) is 0 Å². The highest BCUT2D eigenvalue weighted by atomic mass is 15.0. The first kappa shape index (κ1) is 25.3. The minimum atomic E-state index is 0.648. The van der Waals surface area contributed by atoms with Crippen molar-refractivity contribution in [3.05, 3.63) is 169 Å². The van der Waals surface area contributed by atoms with Gasteiger partial charge in [0.1, 0.15) is 0 Å². The molecule has 0 fully saturated rings. The molecule has 0 saturated heterocycles. The Morgan fingerprint density at radius 1 is 0.356 bits per heavy atom. The maximum atomic E-state index is 7.55. The molecule has 1 heterocycles. The van der Waals surface area contributed by atoms with Crippen LogP contribution >= 0.6 is 0 Å². The Kier molecular flexibility index (Phi) is 5.60. The summed E-state index contributed by atoms with van der Waals surface area (Å²) in [5.74, 6) is 0. The smallest absolute Gasteiger partial charge is 0.189 e. The predicted octanol–water partition coefficient (Wildman–Crippen LogP) is 12.1. The van der Waals surface area contributed by atoms with Gasteiger partial charge in [-0.05, 0) is 91.0 Å². The first-order valence-electron chi connectivity index (χ1n) is 15.2. The van der Waals surface area contributed by atoms with Crippen molar-refractivity contribution in [2.45, 2.75) is 0 Å². The first-order chi connectivity index (χ1) is 22.3. The SMILES string of the molecule is [C-]#[N+]c1ccc2c3ccccc3n(-c3ccc(-c4cccc(-c5ccc6c7ccccc7c7ccccc7c6c5)c4)cc3)c2c1. The third-order valence-electron chi connectivity index (χ3n) is 9.19. The van der Waals surface area contributed by atoms with Crippen molar-refractivity contribution in [2.75, 3.05) is 0 Å². The molecule has 0 spiro atoms. The van der Waals surface area contributed by atoms with Crippen LogP contribution in [0.5, 0.6) is 0 Å². The molecule has 0 atom stereocenters. The average molecular weight is 571 g/mol. The molecule has 9 aromatic rings. The summed E-state index contributed by atoms with van der Waals surface area (Å²) < 4.78 is 2.27. The molecule has 1 aromatic heterocycles. The van der Waals surface area contributed by atoms with E-state index in [9.17, 15) is 0 Å². The van der Waals surface area contributed by atoms with Crippen LogP contribution in [-0.4, -0.2) is 4.57 Å². The second-order valence-electron chi connectivity index (χ2n) is 11.6. The van der Waals surface area contributed by atoms with Gasteiger partial charge in [0.2, 0.25) is 0 Å². The van der Waals surface area contributed by atoms with Crippen LogP contribution in [0.3, 0.4) is 0 Å². The normalized spacial score (nSPS) is 11.5. The molecule has 0 bridgehead atoms. The van der Waals surface area contributed by atoms with Crippen LogP contribution in [0.15, 0.2) is 158 Å². The molecular formula is C43H26N2. The average Bonchev–Trinajstić information content (AvgIpc) is 3.45. The lowest BCUT2D eigenvalue weighted by Crippen LogP contribution is -1.93. The van der Waals surface area contributed by atoms with Gasteiger partial charge in [-0.3, -0.25) is 0 Å². The summed E-state index contributed by atoms with van der Waals surface area (Å²) in [6, 6.07) is 56.4. The van der Waals surface area contributed by atoms with Gasteiger partial charge in [-0.1, -0.05) is 121 Å². The quantitative estimate of drug-likeness (QED) is 0.148. The summed E-state index contributed by atoms with van der Waals surface area (Å²) in [4.78, 5) is 3.69. The molecule has 0 N–H and O–H groups in total. The molecule has 2 heteroatoms. The highest BCUT2D eigenvalue weighted by Crippen LogP contribution is 2.38. The van der Waals surface area contributed by atoms with Crippen molar-refractivity contribution in [1.82, 2.24) is 4.57 Å². The molecule has 0 aliphatic heterocycles. The molecule has 0 radical (unpaired) electrons. The van der Waals surface area contributed by atoms with Crippen LogP contribution < -0.4 is 0 Å². The lowest BCUT2D eigenvalue weighted by atomic mass is 9.91. The van der Waals surface area contributed by atoms with Gasteiger partial charge >= 0.3 is 0 Å². The molecule has 0 amide bonds. The Morgan fingerprint density at radius 2 is 0.867 bits per heavy atom. The monoisotopic (exact) mass is 570 g/mol. The molecule has 8 aromatic carbocycles. The molecule has 0 aliphatic rings. The number of benzene rings is 8. The van der Waals surface area contributed by atoms with E-state index in [1.54, 1.807) is 0 Å². The zero-order valence-electron chi connectivity index (χ0n) is 24.4. The first-order valence-corrected chi connectivity index (χ1v) is 15.2. The van der Waals surface area contributed by atoms with Crippen molar-refractivity contribution in [3.63, 3.8) is 0 Å². The van der Waals surface area contributed by atoms with Crippen LogP contribution in [0.25, 0.3) is 86.9 Å². The number of fused-ring (bicyclic) bond motifs is 9. The number of hydrogen-bond donors (Lipinski definition) is 0. The molecular weight excluding hydrogens is 544 g/mol. The number of aromatic nitrogens is 1. The molecule has 0 aliphatic carbocycles. The fourth-order valence-electron chi connectivity index (χ4n) is 7.08. The fraction of sp³-hybridized carbons (Fsp3) is 0. The van der Waals surface area contributed by atoms with Gasteiger partial charge in [0.15, 0.2) is 5.69 Å². The Balaban J connectivity index is 1.14. The fourth-order valence-corrected chi connectivity index (χ4v) is 7.08. The zero-order valence-corrected chi connectivity index (χ0v) is 24.4. The third kappa shape index (κ3) is 3.95. The van der Waals surface area contributed by atoms with Gasteiger partial charge in [0.25, 0.3) is 0 Å². The van der Waals surface area contributed by atoms with E-state index in [-0.39, 0.29) is 0 Å². The summed E-state index contributed by atoms with van der Waals surface area (Å²) in [6.45, 7) is 7.55. The third-order valence-corrected chi connectivity index (χ3v) is 9.19. The summed E-state index contributed by atoms with van der Waals surface area (Å²) in [5, 5.41) is 10.1. The topological polar surface area (TPSA) is 9.29 Å². The Hall–Kier alpha value is -6.17. The summed E-state index contributed by atoms with van der Waals surface area (Å²) in [7, 11) is 0. The summed E-state index contributed by atoms with van der Waals surface area (Å²) in [6.07, 6.45) is 0. The Bertz CT molecular complexity index is 2620. The predicted molar refractivity (Wildman–Crippen MR) is 190 cm³/mol. The lowest BCUT2D eigenvalue weighted by molar-refractivity contribution is 1.18. The van der Waals surface area contributed by atoms with Crippen LogP contribution in [0.1, 0.15) is 0 Å². The van der Waals surface area contributed by atoms with Gasteiger partial charge in [-0.15, -0.1) is 0 Å². The highest BCUT2D eigenvalue weighted by Gasteiger charge is 2.14. The minimum Gasteiger partial charge on any atom is -0.311 e. The van der Waals surface area contributed by atoms with Crippen LogP contribution in [-0.2, 0) is 0 Å². The van der Waals surface area contributed by atoms with Crippen molar-refractivity contribution >= 4 is 59.8 Å². The zero-order chi connectivity index (χ0) is 29.9. The van der Waals surface area contributed by atoms with Gasteiger partial charge in [0.05, 0.1) is 12.1 Å². The number of nitrogens with zero attached hydrogens (tertiary/aromatic N) is 2. The van der Waals surface area contributed by atoms with E-state index in [0.29, 0.717) is 5.69 Å². The van der Waals surface area contributed by atoms with Crippen molar-refractivity contribution in [1.29, 1.82) is 0 Å². The van der Waals surface area contributed by atoms with E-state index in [1.165, 1.54) is 60.0 Å². The summed E-state index contributed by atoms with van der Waals surface area (Å²) >= 11 is 0. The number of rotatable bonds is 3. The Labute approximate surface area is 260 Å². The number of para-hydroxylation sites is 1. The van der Waals surface area contributed by atoms with E-state index in [0.717, 1.165) is 22.1 Å². The molecule has 2 nitrogen and oxygen atoms in total. The standard InChI is InChI=1S/C43H26N2/c1-44-32-20-24-40-39-15-6-7-16-42(39)45(43(40)27-32)33-21-17-28(18-22-33)29-9-8-10-30(25-29)31-19-23-38-36-13-3-2-11-34(36)35-12-4-5-14-37(35)41(38)26-31/h2-27H.